The summed E-state index contributed by atoms with van der Waals surface area (Å²) in [5.41, 5.74) is 1.65. The van der Waals surface area contributed by atoms with Crippen LogP contribution in [0, 0.1) is 0 Å². The summed E-state index contributed by atoms with van der Waals surface area (Å²) in [6, 6.07) is 10.5. The molecule has 0 spiro atoms. The van der Waals surface area contributed by atoms with E-state index < -0.39 is 12.0 Å². The van der Waals surface area contributed by atoms with Crippen LogP contribution in [-0.4, -0.2) is 16.6 Å². The monoisotopic (exact) mass is 458 g/mol. The first kappa shape index (κ1) is 20.8. The summed E-state index contributed by atoms with van der Waals surface area (Å²) < 4.78 is 7.62. The SMILES string of the molecule is CC1=C(C(=O)OC(C)C)C(c2cccs2)n2c(s/c(=C/c3ccc(Cl)cc3)c2=O)=N1. The molecule has 2 aromatic heterocycles. The molecule has 0 saturated heterocycles. The number of fused-ring (bicyclic) bond motifs is 1. The Kier molecular flexibility index (Phi) is 5.77. The number of hydrogen-bond acceptors (Lipinski definition) is 6. The Morgan fingerprint density at radius 2 is 2.00 bits per heavy atom. The van der Waals surface area contributed by atoms with Gasteiger partial charge in [-0.05, 0) is 56.0 Å². The summed E-state index contributed by atoms with van der Waals surface area (Å²) in [4.78, 5) is 32.3. The summed E-state index contributed by atoms with van der Waals surface area (Å²) in [5.74, 6) is -0.448. The van der Waals surface area contributed by atoms with Crippen LogP contribution in [0.2, 0.25) is 5.02 Å². The van der Waals surface area contributed by atoms with Gasteiger partial charge in [-0.3, -0.25) is 9.36 Å². The van der Waals surface area contributed by atoms with Crippen LogP contribution in [0.5, 0.6) is 0 Å². The zero-order valence-electron chi connectivity index (χ0n) is 16.6. The predicted molar refractivity (Wildman–Crippen MR) is 121 cm³/mol. The average molecular weight is 459 g/mol. The molecular formula is C22H19ClN2O3S2. The number of rotatable bonds is 4. The van der Waals surface area contributed by atoms with E-state index >= 15 is 0 Å². The van der Waals surface area contributed by atoms with E-state index in [9.17, 15) is 9.59 Å². The molecule has 1 unspecified atom stereocenters. The van der Waals surface area contributed by atoms with Gasteiger partial charge >= 0.3 is 5.97 Å². The molecule has 0 saturated carbocycles. The summed E-state index contributed by atoms with van der Waals surface area (Å²) in [6.45, 7) is 5.39. The minimum absolute atomic E-state index is 0.186. The van der Waals surface area contributed by atoms with Crippen LogP contribution in [0.15, 0.2) is 62.8 Å². The molecular weight excluding hydrogens is 440 g/mol. The highest BCUT2D eigenvalue weighted by Gasteiger charge is 2.34. The highest BCUT2D eigenvalue weighted by Crippen LogP contribution is 2.33. The molecule has 3 heterocycles. The number of ether oxygens (including phenoxy) is 1. The molecule has 1 aliphatic rings. The maximum absolute atomic E-state index is 13.4. The second-order valence-electron chi connectivity index (χ2n) is 7.10. The number of esters is 1. The van der Waals surface area contributed by atoms with Gasteiger partial charge in [-0.1, -0.05) is 41.1 Å². The van der Waals surface area contributed by atoms with Crippen molar-refractivity contribution in [2.24, 2.45) is 4.99 Å². The third-order valence-electron chi connectivity index (χ3n) is 4.56. The molecule has 3 aromatic rings. The van der Waals surface area contributed by atoms with Crippen molar-refractivity contribution in [2.45, 2.75) is 32.9 Å². The summed E-state index contributed by atoms with van der Waals surface area (Å²) >= 11 is 8.76. The van der Waals surface area contributed by atoms with Gasteiger partial charge in [-0.15, -0.1) is 11.3 Å². The number of thiophene rings is 1. The zero-order valence-corrected chi connectivity index (χ0v) is 19.0. The van der Waals surface area contributed by atoms with Crippen LogP contribution in [0.1, 0.15) is 37.3 Å². The quantitative estimate of drug-likeness (QED) is 0.557. The fraction of sp³-hybridized carbons (Fsp3) is 0.227. The maximum atomic E-state index is 13.4. The molecule has 1 aliphatic heterocycles. The number of allylic oxidation sites excluding steroid dienone is 1. The molecule has 0 fully saturated rings. The molecule has 8 heteroatoms. The smallest absolute Gasteiger partial charge is 0.338 e. The molecule has 1 aromatic carbocycles. The third-order valence-corrected chi connectivity index (χ3v) is 6.72. The number of benzene rings is 1. The molecule has 0 radical (unpaired) electrons. The van der Waals surface area contributed by atoms with Crippen LogP contribution < -0.4 is 14.9 Å². The fourth-order valence-corrected chi connectivity index (χ4v) is 5.28. The summed E-state index contributed by atoms with van der Waals surface area (Å²) in [6.07, 6.45) is 1.55. The Balaban J connectivity index is 1.91. The molecule has 0 aliphatic carbocycles. The van der Waals surface area contributed by atoms with Crippen LogP contribution in [0.25, 0.3) is 6.08 Å². The van der Waals surface area contributed by atoms with Crippen LogP contribution >= 0.6 is 34.3 Å². The van der Waals surface area contributed by atoms with Crippen molar-refractivity contribution in [3.63, 3.8) is 0 Å². The highest BCUT2D eigenvalue weighted by atomic mass is 35.5. The van der Waals surface area contributed by atoms with Gasteiger partial charge in [0.25, 0.3) is 5.56 Å². The molecule has 4 rings (SSSR count). The van der Waals surface area contributed by atoms with Crippen molar-refractivity contribution in [1.82, 2.24) is 4.57 Å². The van der Waals surface area contributed by atoms with Crippen molar-refractivity contribution in [3.05, 3.63) is 88.2 Å². The molecule has 1 atom stereocenters. The first-order chi connectivity index (χ1) is 14.3. The molecule has 30 heavy (non-hydrogen) atoms. The minimum atomic E-state index is -0.556. The lowest BCUT2D eigenvalue weighted by Gasteiger charge is -2.24. The van der Waals surface area contributed by atoms with Crippen LogP contribution in [0.4, 0.5) is 0 Å². The number of carbonyl (C=O) groups excluding carboxylic acids is 1. The van der Waals surface area contributed by atoms with E-state index in [4.69, 9.17) is 16.3 Å². The van der Waals surface area contributed by atoms with E-state index in [0.29, 0.717) is 25.6 Å². The van der Waals surface area contributed by atoms with E-state index in [1.807, 2.05) is 35.7 Å². The molecule has 154 valence electrons. The largest absolute Gasteiger partial charge is 0.459 e. The van der Waals surface area contributed by atoms with E-state index in [1.54, 1.807) is 37.5 Å². The fourth-order valence-electron chi connectivity index (χ4n) is 3.29. The Hall–Kier alpha value is -2.48. The number of thiazole rings is 1. The topological polar surface area (TPSA) is 60.7 Å². The number of hydrogen-bond donors (Lipinski definition) is 0. The summed E-state index contributed by atoms with van der Waals surface area (Å²) in [5, 5.41) is 2.56. The number of nitrogens with zero attached hydrogens (tertiary/aromatic N) is 2. The van der Waals surface area contributed by atoms with Gasteiger partial charge in [0, 0.05) is 9.90 Å². The average Bonchev–Trinajstić information content (AvgIpc) is 3.31. The highest BCUT2D eigenvalue weighted by molar-refractivity contribution is 7.10. The Morgan fingerprint density at radius 3 is 2.63 bits per heavy atom. The van der Waals surface area contributed by atoms with Crippen LogP contribution in [0.3, 0.4) is 0 Å². The van der Waals surface area contributed by atoms with Gasteiger partial charge < -0.3 is 4.74 Å². The van der Waals surface area contributed by atoms with E-state index in [2.05, 4.69) is 4.99 Å². The Bertz CT molecular complexity index is 1300. The van der Waals surface area contributed by atoms with Crippen molar-refractivity contribution in [1.29, 1.82) is 0 Å². The lowest BCUT2D eigenvalue weighted by atomic mass is 10.0. The van der Waals surface area contributed by atoms with Crippen molar-refractivity contribution >= 4 is 46.3 Å². The van der Waals surface area contributed by atoms with Gasteiger partial charge in [0.2, 0.25) is 0 Å². The van der Waals surface area contributed by atoms with Gasteiger partial charge in [0.1, 0.15) is 6.04 Å². The third kappa shape index (κ3) is 3.93. The molecule has 0 amide bonds. The number of halogens is 1. The molecule has 5 nitrogen and oxygen atoms in total. The zero-order chi connectivity index (χ0) is 21.4. The van der Waals surface area contributed by atoms with Gasteiger partial charge in [0.15, 0.2) is 4.80 Å². The number of aromatic nitrogens is 1. The van der Waals surface area contributed by atoms with Crippen molar-refractivity contribution in [3.8, 4) is 0 Å². The first-order valence-electron chi connectivity index (χ1n) is 9.37. The molecule has 0 N–H and O–H groups in total. The Morgan fingerprint density at radius 1 is 1.27 bits per heavy atom. The second kappa shape index (κ2) is 8.34. The lowest BCUT2D eigenvalue weighted by molar-refractivity contribution is -0.143. The standard InChI is InChI=1S/C22H19ClN2O3S2/c1-12(2)28-21(27)18-13(3)24-22-25(19(18)16-5-4-10-29-16)20(26)17(30-22)11-14-6-8-15(23)9-7-14/h4-12,19H,1-3H3/b17-11+. The van der Waals surface area contributed by atoms with Gasteiger partial charge in [-0.25, -0.2) is 9.79 Å². The Labute approximate surface area is 186 Å². The summed E-state index contributed by atoms with van der Waals surface area (Å²) in [7, 11) is 0. The van der Waals surface area contributed by atoms with E-state index in [0.717, 1.165) is 10.4 Å². The minimum Gasteiger partial charge on any atom is -0.459 e. The maximum Gasteiger partial charge on any atom is 0.338 e. The second-order valence-corrected chi connectivity index (χ2v) is 9.53. The van der Waals surface area contributed by atoms with Crippen molar-refractivity contribution in [2.75, 3.05) is 0 Å². The van der Waals surface area contributed by atoms with E-state index in [1.165, 1.54) is 22.7 Å². The first-order valence-corrected chi connectivity index (χ1v) is 11.4. The lowest BCUT2D eigenvalue weighted by Crippen LogP contribution is -2.39. The molecule has 0 bridgehead atoms. The predicted octanol–water partition coefficient (Wildman–Crippen LogP) is 3.90. The van der Waals surface area contributed by atoms with Crippen LogP contribution in [-0.2, 0) is 9.53 Å². The van der Waals surface area contributed by atoms with Gasteiger partial charge in [0.05, 0.1) is 21.9 Å². The number of carbonyl (C=O) groups is 1. The van der Waals surface area contributed by atoms with E-state index in [-0.39, 0.29) is 11.7 Å². The van der Waals surface area contributed by atoms with Gasteiger partial charge in [-0.2, -0.15) is 0 Å². The van der Waals surface area contributed by atoms with Crippen molar-refractivity contribution < 1.29 is 9.53 Å². The normalized spacial score (nSPS) is 16.6.